The maximum absolute atomic E-state index is 13.7. The first-order valence-electron chi connectivity index (χ1n) is 16.1. The largest absolute Gasteiger partial charge is 0.351 e. The molecule has 48 heavy (non-hydrogen) atoms. The predicted octanol–water partition coefficient (Wildman–Crippen LogP) is 5.26. The Hall–Kier alpha value is -5.31. The van der Waals surface area contributed by atoms with Crippen molar-refractivity contribution in [3.8, 4) is 11.1 Å². The number of carbonyl (C=O) groups excluding carboxylic acids is 4. The normalized spacial score (nSPS) is 12.3. The summed E-state index contributed by atoms with van der Waals surface area (Å²) in [6, 6.07) is 30.5. The minimum absolute atomic E-state index is 0.0603. The number of hydrogen-bond donors (Lipinski definition) is 4. The molecule has 0 radical (unpaired) electrons. The second kappa shape index (κ2) is 17.0. The molecule has 4 amide bonds. The topological polar surface area (TPSA) is 116 Å². The Morgan fingerprint density at radius 2 is 1.27 bits per heavy atom. The van der Waals surface area contributed by atoms with Crippen LogP contribution < -0.4 is 21.3 Å². The molecule has 9 heteroatoms. The SMILES string of the molecule is CC(C)(C)NC(=O)C[C@H](NC(=O)CCc1ccccc1)C(=O)NC(Cc1ccc(F)cc1)C(=O)NCc1cccc(-c2ccccc2)c1. The second-order valence-corrected chi connectivity index (χ2v) is 12.8. The van der Waals surface area contributed by atoms with Gasteiger partial charge in [0.05, 0.1) is 6.42 Å². The zero-order valence-electron chi connectivity index (χ0n) is 27.6. The number of amides is 4. The fourth-order valence-corrected chi connectivity index (χ4v) is 5.17. The fraction of sp³-hybridized carbons (Fsp3) is 0.282. The Labute approximate surface area is 281 Å². The fourth-order valence-electron chi connectivity index (χ4n) is 5.17. The van der Waals surface area contributed by atoms with Gasteiger partial charge in [0.1, 0.15) is 17.9 Å². The lowest BCUT2D eigenvalue weighted by Gasteiger charge is -2.25. The summed E-state index contributed by atoms with van der Waals surface area (Å²) in [4.78, 5) is 53.3. The number of rotatable bonds is 14. The maximum Gasteiger partial charge on any atom is 0.243 e. The van der Waals surface area contributed by atoms with Gasteiger partial charge >= 0.3 is 0 Å². The van der Waals surface area contributed by atoms with Crippen LogP contribution in [0.2, 0.25) is 0 Å². The first-order valence-corrected chi connectivity index (χ1v) is 16.1. The summed E-state index contributed by atoms with van der Waals surface area (Å²) in [5.74, 6) is -2.40. The summed E-state index contributed by atoms with van der Waals surface area (Å²) in [6.45, 7) is 5.65. The van der Waals surface area contributed by atoms with E-state index in [1.54, 1.807) is 12.1 Å². The van der Waals surface area contributed by atoms with Crippen molar-refractivity contribution in [2.24, 2.45) is 0 Å². The number of hydrogen-bond acceptors (Lipinski definition) is 4. The Bertz CT molecular complexity index is 1670. The van der Waals surface area contributed by atoms with Crippen LogP contribution >= 0.6 is 0 Å². The van der Waals surface area contributed by atoms with Gasteiger partial charge < -0.3 is 21.3 Å². The standard InChI is InChI=1S/C39H43FN4O4/c1-39(2,3)44-36(46)25-34(42-35(45)22-19-27-11-6-4-7-12-27)38(48)43-33(24-28-17-20-32(40)21-18-28)37(47)41-26-29-13-10-16-31(23-29)30-14-8-5-9-15-30/h4-18,20-21,23,33-34H,19,22,24-26H2,1-3H3,(H,41,47)(H,42,45)(H,43,48)(H,44,46)/t33?,34-/m0/s1. The van der Waals surface area contributed by atoms with Crippen molar-refractivity contribution in [2.75, 3.05) is 0 Å². The first-order chi connectivity index (χ1) is 22.9. The van der Waals surface area contributed by atoms with Gasteiger partial charge in [-0.25, -0.2) is 4.39 Å². The van der Waals surface area contributed by atoms with Crippen LogP contribution in [0.1, 0.15) is 50.3 Å². The van der Waals surface area contributed by atoms with E-state index in [-0.39, 0.29) is 25.8 Å². The highest BCUT2D eigenvalue weighted by Gasteiger charge is 2.29. The lowest BCUT2D eigenvalue weighted by Crippen LogP contribution is -2.56. The van der Waals surface area contributed by atoms with Crippen LogP contribution in [0.25, 0.3) is 11.1 Å². The molecule has 0 bridgehead atoms. The van der Waals surface area contributed by atoms with Crippen molar-refractivity contribution in [3.63, 3.8) is 0 Å². The first kappa shape index (κ1) is 35.5. The van der Waals surface area contributed by atoms with E-state index >= 15 is 0 Å². The zero-order chi connectivity index (χ0) is 34.5. The van der Waals surface area contributed by atoms with Crippen molar-refractivity contribution in [3.05, 3.63) is 132 Å². The van der Waals surface area contributed by atoms with Crippen molar-refractivity contribution in [1.29, 1.82) is 0 Å². The van der Waals surface area contributed by atoms with Gasteiger partial charge in [-0.15, -0.1) is 0 Å². The third kappa shape index (κ3) is 11.8. The second-order valence-electron chi connectivity index (χ2n) is 12.8. The van der Waals surface area contributed by atoms with Crippen LogP contribution in [0.3, 0.4) is 0 Å². The van der Waals surface area contributed by atoms with Crippen LogP contribution in [0, 0.1) is 5.82 Å². The number of nitrogens with one attached hydrogen (secondary N) is 4. The number of carbonyl (C=O) groups is 4. The van der Waals surface area contributed by atoms with Crippen LogP contribution in [-0.2, 0) is 38.6 Å². The molecule has 0 aliphatic rings. The average molecular weight is 651 g/mol. The minimum atomic E-state index is -1.23. The summed E-state index contributed by atoms with van der Waals surface area (Å²) >= 11 is 0. The van der Waals surface area contributed by atoms with E-state index in [0.717, 1.165) is 22.3 Å². The Morgan fingerprint density at radius 3 is 1.94 bits per heavy atom. The van der Waals surface area contributed by atoms with Crippen molar-refractivity contribution in [2.45, 2.75) is 70.6 Å². The summed E-state index contributed by atoms with van der Waals surface area (Å²) in [5, 5.41) is 11.2. The molecule has 4 aromatic rings. The molecule has 250 valence electrons. The highest BCUT2D eigenvalue weighted by molar-refractivity contribution is 5.95. The molecule has 2 atom stereocenters. The number of aryl methyl sites for hydroxylation is 1. The van der Waals surface area contributed by atoms with E-state index in [4.69, 9.17) is 0 Å². The third-order valence-corrected chi connectivity index (χ3v) is 7.53. The Balaban J connectivity index is 1.49. The molecule has 0 saturated carbocycles. The molecule has 8 nitrogen and oxygen atoms in total. The van der Waals surface area contributed by atoms with E-state index in [2.05, 4.69) is 21.3 Å². The van der Waals surface area contributed by atoms with Gasteiger partial charge in [-0.05, 0) is 73.2 Å². The third-order valence-electron chi connectivity index (χ3n) is 7.53. The minimum Gasteiger partial charge on any atom is -0.351 e. The molecule has 4 N–H and O–H groups in total. The molecule has 4 rings (SSSR count). The Kier molecular flexibility index (Phi) is 12.6. The van der Waals surface area contributed by atoms with Crippen molar-refractivity contribution in [1.82, 2.24) is 21.3 Å². The summed E-state index contributed by atoms with van der Waals surface area (Å²) < 4.78 is 13.7. The molecule has 0 saturated heterocycles. The number of halogens is 1. The lowest BCUT2D eigenvalue weighted by atomic mass is 10.0. The lowest BCUT2D eigenvalue weighted by molar-refractivity contribution is -0.134. The molecule has 0 aromatic heterocycles. The molecule has 0 aliphatic carbocycles. The predicted molar refractivity (Wildman–Crippen MR) is 185 cm³/mol. The van der Waals surface area contributed by atoms with E-state index in [1.807, 2.05) is 106 Å². The monoisotopic (exact) mass is 650 g/mol. The van der Waals surface area contributed by atoms with Gasteiger partial charge in [-0.3, -0.25) is 19.2 Å². The van der Waals surface area contributed by atoms with Gasteiger partial charge in [0.2, 0.25) is 23.6 Å². The van der Waals surface area contributed by atoms with Crippen molar-refractivity contribution < 1.29 is 23.6 Å². The Morgan fingerprint density at radius 1 is 0.646 bits per heavy atom. The summed E-state index contributed by atoms with van der Waals surface area (Å²) in [5.41, 5.74) is 3.93. The van der Waals surface area contributed by atoms with Crippen LogP contribution in [-0.4, -0.2) is 41.3 Å². The molecule has 0 spiro atoms. The van der Waals surface area contributed by atoms with Gasteiger partial charge in [0.15, 0.2) is 0 Å². The van der Waals surface area contributed by atoms with Gasteiger partial charge in [0, 0.05) is 24.9 Å². The zero-order valence-corrected chi connectivity index (χ0v) is 27.6. The van der Waals surface area contributed by atoms with Crippen LogP contribution in [0.5, 0.6) is 0 Å². The summed E-state index contributed by atoms with van der Waals surface area (Å²) in [6.07, 6.45) is 0.300. The quantitative estimate of drug-likeness (QED) is 0.149. The molecule has 4 aromatic carbocycles. The van der Waals surface area contributed by atoms with E-state index in [9.17, 15) is 23.6 Å². The number of benzene rings is 4. The molecule has 0 aliphatic heterocycles. The van der Waals surface area contributed by atoms with E-state index in [0.29, 0.717) is 12.0 Å². The molecular formula is C39H43FN4O4. The molecule has 0 heterocycles. The molecular weight excluding hydrogens is 607 g/mol. The highest BCUT2D eigenvalue weighted by atomic mass is 19.1. The maximum atomic E-state index is 13.7. The summed E-state index contributed by atoms with van der Waals surface area (Å²) in [7, 11) is 0. The average Bonchev–Trinajstić information content (AvgIpc) is 3.06. The molecule has 0 fully saturated rings. The van der Waals surface area contributed by atoms with Crippen molar-refractivity contribution >= 4 is 23.6 Å². The van der Waals surface area contributed by atoms with Crippen LogP contribution in [0.15, 0.2) is 109 Å². The smallest absolute Gasteiger partial charge is 0.243 e. The van der Waals surface area contributed by atoms with E-state index in [1.165, 1.54) is 12.1 Å². The highest BCUT2D eigenvalue weighted by Crippen LogP contribution is 2.20. The van der Waals surface area contributed by atoms with Gasteiger partial charge in [-0.2, -0.15) is 0 Å². The van der Waals surface area contributed by atoms with E-state index < -0.39 is 47.1 Å². The van der Waals surface area contributed by atoms with Gasteiger partial charge in [-0.1, -0.05) is 91.0 Å². The van der Waals surface area contributed by atoms with Gasteiger partial charge in [0.25, 0.3) is 0 Å². The molecule has 1 unspecified atom stereocenters. The van der Waals surface area contributed by atoms with Crippen LogP contribution in [0.4, 0.5) is 4.39 Å².